The van der Waals surface area contributed by atoms with E-state index in [0.29, 0.717) is 21.7 Å². The highest BCUT2D eigenvalue weighted by Gasteiger charge is 2.16. The van der Waals surface area contributed by atoms with Gasteiger partial charge in [0.2, 0.25) is 5.13 Å². The van der Waals surface area contributed by atoms with Crippen molar-refractivity contribution < 1.29 is 9.90 Å². The number of nitrogens with zero attached hydrogens (tertiary/aromatic N) is 3. The molecule has 0 spiro atoms. The van der Waals surface area contributed by atoms with Crippen LogP contribution in [0, 0.1) is 6.92 Å². The molecule has 0 unspecified atom stereocenters. The number of thioether (sulfide) groups is 1. The lowest BCUT2D eigenvalue weighted by atomic mass is 10.1. The number of hydrogen-bond donors (Lipinski definition) is 2. The van der Waals surface area contributed by atoms with Crippen LogP contribution in [0.5, 0.6) is 0 Å². The average molecular weight is 332 g/mol. The zero-order chi connectivity index (χ0) is 15.5. The number of hydrazone groups is 1. The first kappa shape index (κ1) is 14.7. The maximum absolute atomic E-state index is 11.0. The Balaban J connectivity index is 1.77. The predicted octanol–water partition coefficient (Wildman–Crippen LogP) is 2.88. The number of hydrogen-bond acceptors (Lipinski definition) is 6. The van der Waals surface area contributed by atoms with Crippen LogP contribution in [0.1, 0.15) is 20.9 Å². The second kappa shape index (κ2) is 6.29. The fraction of sp³-hybridized carbons (Fsp3) is 0.143. The van der Waals surface area contributed by atoms with E-state index >= 15 is 0 Å². The molecular formula is C14H12N4O2S2. The molecule has 0 aliphatic carbocycles. The number of aliphatic imine (C=N–C) groups is 1. The van der Waals surface area contributed by atoms with Crippen LogP contribution in [-0.2, 0) is 0 Å². The van der Waals surface area contributed by atoms with E-state index in [0.717, 1.165) is 22.6 Å². The van der Waals surface area contributed by atoms with Gasteiger partial charge in [0.05, 0.1) is 11.4 Å². The summed E-state index contributed by atoms with van der Waals surface area (Å²) in [6.45, 7) is 1.66. The van der Waals surface area contributed by atoms with Crippen molar-refractivity contribution in [2.75, 3.05) is 5.75 Å². The molecule has 22 heavy (non-hydrogen) atoms. The molecular weight excluding hydrogens is 320 g/mol. The third kappa shape index (κ3) is 3.18. The highest BCUT2D eigenvalue weighted by atomic mass is 32.2. The first-order chi connectivity index (χ1) is 10.6. The molecule has 0 fully saturated rings. The van der Waals surface area contributed by atoms with E-state index in [2.05, 4.69) is 20.5 Å². The zero-order valence-corrected chi connectivity index (χ0v) is 13.2. The molecule has 0 atom stereocenters. The fourth-order valence-electron chi connectivity index (χ4n) is 1.87. The van der Waals surface area contributed by atoms with Crippen molar-refractivity contribution in [1.82, 2.24) is 10.4 Å². The highest BCUT2D eigenvalue weighted by molar-refractivity contribution is 8.14. The lowest BCUT2D eigenvalue weighted by Crippen LogP contribution is -2.25. The van der Waals surface area contributed by atoms with E-state index in [-0.39, 0.29) is 4.88 Å². The third-order valence-electron chi connectivity index (χ3n) is 2.92. The number of carboxylic acids is 1. The van der Waals surface area contributed by atoms with E-state index in [1.54, 1.807) is 6.92 Å². The molecule has 1 aromatic carbocycles. The highest BCUT2D eigenvalue weighted by Crippen LogP contribution is 2.26. The van der Waals surface area contributed by atoms with Gasteiger partial charge in [-0.25, -0.2) is 9.78 Å². The molecule has 1 aliphatic heterocycles. The number of aryl methyl sites for hydroxylation is 1. The monoisotopic (exact) mass is 332 g/mol. The van der Waals surface area contributed by atoms with Crippen LogP contribution in [0.2, 0.25) is 0 Å². The van der Waals surface area contributed by atoms with Gasteiger partial charge in [-0.1, -0.05) is 53.4 Å². The summed E-state index contributed by atoms with van der Waals surface area (Å²) in [5, 5.41) is 14.4. The van der Waals surface area contributed by atoms with Gasteiger partial charge >= 0.3 is 5.97 Å². The summed E-state index contributed by atoms with van der Waals surface area (Å²) in [6, 6.07) is 9.92. The zero-order valence-electron chi connectivity index (χ0n) is 11.6. The smallest absolute Gasteiger partial charge is 0.347 e. The summed E-state index contributed by atoms with van der Waals surface area (Å²) in [4.78, 5) is 19.7. The second-order valence-corrected chi connectivity index (χ2v) is 6.40. The lowest BCUT2D eigenvalue weighted by molar-refractivity contribution is 0.0701. The second-order valence-electron chi connectivity index (χ2n) is 4.46. The number of aromatic carboxylic acids is 1. The third-order valence-corrected chi connectivity index (χ3v) is 4.83. The number of aromatic nitrogens is 1. The minimum Gasteiger partial charge on any atom is -0.477 e. The molecule has 1 aliphatic rings. The van der Waals surface area contributed by atoms with Crippen LogP contribution in [-0.4, -0.2) is 32.7 Å². The van der Waals surface area contributed by atoms with Crippen LogP contribution in [0.15, 0.2) is 40.4 Å². The maximum atomic E-state index is 11.0. The molecule has 112 valence electrons. The molecule has 0 saturated carbocycles. The Bertz CT molecular complexity index is 768. The first-order valence-electron chi connectivity index (χ1n) is 6.43. The molecule has 0 saturated heterocycles. The molecule has 2 heterocycles. The Morgan fingerprint density at radius 1 is 1.36 bits per heavy atom. The van der Waals surface area contributed by atoms with Crippen molar-refractivity contribution in [3.8, 4) is 0 Å². The predicted molar refractivity (Wildman–Crippen MR) is 89.5 cm³/mol. The Kier molecular flexibility index (Phi) is 4.21. The normalized spacial score (nSPS) is 16.2. The van der Waals surface area contributed by atoms with E-state index in [1.807, 2.05) is 30.3 Å². The van der Waals surface area contributed by atoms with Crippen molar-refractivity contribution in [3.05, 3.63) is 46.5 Å². The molecule has 3 rings (SSSR count). The molecule has 0 radical (unpaired) electrons. The van der Waals surface area contributed by atoms with Gasteiger partial charge < -0.3 is 5.11 Å². The number of thiazole rings is 1. The molecule has 0 bridgehead atoms. The Morgan fingerprint density at radius 3 is 2.73 bits per heavy atom. The summed E-state index contributed by atoms with van der Waals surface area (Å²) < 4.78 is 0. The molecule has 2 aromatic rings. The van der Waals surface area contributed by atoms with Crippen molar-refractivity contribution in [2.45, 2.75) is 6.92 Å². The van der Waals surface area contributed by atoms with Crippen LogP contribution >= 0.6 is 23.1 Å². The van der Waals surface area contributed by atoms with Gasteiger partial charge in [-0.15, -0.1) is 0 Å². The number of rotatable bonds is 3. The molecule has 2 N–H and O–H groups in total. The molecule has 8 heteroatoms. The molecule has 0 amide bonds. The summed E-state index contributed by atoms with van der Waals surface area (Å²) in [7, 11) is 0. The van der Waals surface area contributed by atoms with Gasteiger partial charge in [0.1, 0.15) is 4.88 Å². The van der Waals surface area contributed by atoms with Crippen molar-refractivity contribution in [3.63, 3.8) is 0 Å². The van der Waals surface area contributed by atoms with E-state index < -0.39 is 5.97 Å². The Hall–Kier alpha value is -2.19. The number of carboxylic acid groups (broad SMARTS) is 1. The Morgan fingerprint density at radius 2 is 2.14 bits per heavy atom. The van der Waals surface area contributed by atoms with Gasteiger partial charge in [0, 0.05) is 5.75 Å². The quantitative estimate of drug-likeness (QED) is 0.902. The standard InChI is InChI=1S/C14H12N4O2S2/c1-8-11(12(19)20)22-13(15-8)16-14-18-17-10(7-21-14)9-5-3-2-4-6-9/h2-6H,7H2,1H3,(H,19,20)(H,15,16,18). The SMILES string of the molecule is Cc1nc(/N=C2/NN=C(c3ccccc3)CS2)sc1C(=O)O. The largest absolute Gasteiger partial charge is 0.477 e. The van der Waals surface area contributed by atoms with Gasteiger partial charge in [0.15, 0.2) is 5.17 Å². The topological polar surface area (TPSA) is 86.9 Å². The number of benzene rings is 1. The van der Waals surface area contributed by atoms with Crippen LogP contribution in [0.3, 0.4) is 0 Å². The van der Waals surface area contributed by atoms with E-state index in [1.165, 1.54) is 11.8 Å². The van der Waals surface area contributed by atoms with Gasteiger partial charge in [-0.3, -0.25) is 5.43 Å². The summed E-state index contributed by atoms with van der Waals surface area (Å²) in [6.07, 6.45) is 0. The lowest BCUT2D eigenvalue weighted by Gasteiger charge is -2.14. The number of nitrogens with one attached hydrogen (secondary N) is 1. The van der Waals surface area contributed by atoms with Gasteiger partial charge in [-0.2, -0.15) is 10.1 Å². The summed E-state index contributed by atoms with van der Waals surface area (Å²) in [5.41, 5.74) is 5.39. The minimum atomic E-state index is -0.977. The Labute approximate surface area is 135 Å². The first-order valence-corrected chi connectivity index (χ1v) is 8.24. The van der Waals surface area contributed by atoms with Crippen molar-refractivity contribution in [2.24, 2.45) is 10.1 Å². The van der Waals surface area contributed by atoms with E-state index in [4.69, 9.17) is 5.11 Å². The van der Waals surface area contributed by atoms with Gasteiger partial charge in [0.25, 0.3) is 0 Å². The van der Waals surface area contributed by atoms with Gasteiger partial charge in [-0.05, 0) is 12.5 Å². The fourth-order valence-corrected chi connectivity index (χ4v) is 3.47. The molecule has 6 nitrogen and oxygen atoms in total. The van der Waals surface area contributed by atoms with E-state index in [9.17, 15) is 4.79 Å². The average Bonchev–Trinajstić information content (AvgIpc) is 2.90. The van der Waals surface area contributed by atoms with Crippen LogP contribution in [0.4, 0.5) is 5.13 Å². The van der Waals surface area contributed by atoms with Crippen LogP contribution in [0.25, 0.3) is 0 Å². The summed E-state index contributed by atoms with van der Waals surface area (Å²) >= 11 is 2.57. The summed E-state index contributed by atoms with van der Waals surface area (Å²) in [5.74, 6) is -0.276. The minimum absolute atomic E-state index is 0.216. The van der Waals surface area contributed by atoms with Crippen LogP contribution < -0.4 is 5.43 Å². The van der Waals surface area contributed by atoms with Crippen molar-refractivity contribution >= 4 is 45.1 Å². The number of carbonyl (C=O) groups is 1. The number of amidine groups is 1. The van der Waals surface area contributed by atoms with Crippen molar-refractivity contribution in [1.29, 1.82) is 0 Å². The maximum Gasteiger partial charge on any atom is 0.347 e. The molecule has 1 aromatic heterocycles.